The van der Waals surface area contributed by atoms with E-state index in [9.17, 15) is 5.11 Å². The number of aliphatic imine (C=N–C) groups is 1. The Labute approximate surface area is 108 Å². The Bertz CT molecular complexity index is 567. The molecular weight excluding hydrogens is 280 g/mol. The second-order valence-corrected chi connectivity index (χ2v) is 4.43. The fraction of sp³-hybridized carbons (Fsp3) is 0.0769. The van der Waals surface area contributed by atoms with E-state index in [1.807, 2.05) is 31.2 Å². The molecule has 0 atom stereocenters. The van der Waals surface area contributed by atoms with E-state index in [-0.39, 0.29) is 5.75 Å². The lowest BCUT2D eigenvalue weighted by molar-refractivity contribution is 0.471. The number of benzene rings is 1. The van der Waals surface area contributed by atoms with Gasteiger partial charge in [-0.15, -0.1) is 0 Å². The summed E-state index contributed by atoms with van der Waals surface area (Å²) in [6.07, 6.45) is 1.60. The standard InChI is InChI=1S/C13H11BrN2O/c1-9-4-2-7-12(16-9)15-8-10-5-3-6-11(14)13(10)17/h2-8,17H,1H3. The van der Waals surface area contributed by atoms with E-state index in [0.29, 0.717) is 15.9 Å². The van der Waals surface area contributed by atoms with E-state index < -0.39 is 0 Å². The van der Waals surface area contributed by atoms with E-state index in [0.717, 1.165) is 5.69 Å². The molecule has 86 valence electrons. The first-order chi connectivity index (χ1) is 8.16. The second kappa shape index (κ2) is 5.10. The van der Waals surface area contributed by atoms with Crippen molar-refractivity contribution < 1.29 is 5.11 Å². The van der Waals surface area contributed by atoms with Gasteiger partial charge in [0.1, 0.15) is 5.75 Å². The van der Waals surface area contributed by atoms with Crippen LogP contribution in [0.25, 0.3) is 0 Å². The lowest BCUT2D eigenvalue weighted by Gasteiger charge is -2.00. The molecule has 0 radical (unpaired) electrons. The summed E-state index contributed by atoms with van der Waals surface area (Å²) >= 11 is 3.26. The lowest BCUT2D eigenvalue weighted by atomic mass is 10.2. The van der Waals surface area contributed by atoms with Gasteiger partial charge in [-0.25, -0.2) is 9.98 Å². The molecule has 0 aliphatic carbocycles. The Hall–Kier alpha value is -1.68. The van der Waals surface area contributed by atoms with Crippen LogP contribution in [0.2, 0.25) is 0 Å². The quantitative estimate of drug-likeness (QED) is 0.859. The molecule has 0 fully saturated rings. The van der Waals surface area contributed by atoms with Crippen molar-refractivity contribution in [3.63, 3.8) is 0 Å². The average molecular weight is 291 g/mol. The first kappa shape index (κ1) is 11.8. The zero-order valence-electron chi connectivity index (χ0n) is 9.26. The number of rotatable bonds is 2. The monoisotopic (exact) mass is 290 g/mol. The Balaban J connectivity index is 2.29. The van der Waals surface area contributed by atoms with Crippen LogP contribution in [0, 0.1) is 6.92 Å². The number of nitrogens with zero attached hydrogens (tertiary/aromatic N) is 2. The smallest absolute Gasteiger partial charge is 0.152 e. The zero-order chi connectivity index (χ0) is 12.3. The summed E-state index contributed by atoms with van der Waals surface area (Å²) in [6, 6.07) is 11.0. The number of para-hydroxylation sites is 1. The molecule has 4 heteroatoms. The van der Waals surface area contributed by atoms with Gasteiger partial charge in [-0.2, -0.15) is 0 Å². The van der Waals surface area contributed by atoms with Gasteiger partial charge in [-0.05, 0) is 47.1 Å². The largest absolute Gasteiger partial charge is 0.506 e. The number of aromatic hydroxyl groups is 1. The molecule has 1 heterocycles. The maximum atomic E-state index is 9.77. The summed E-state index contributed by atoms with van der Waals surface area (Å²) in [5.41, 5.74) is 1.57. The predicted molar refractivity (Wildman–Crippen MR) is 72.0 cm³/mol. The predicted octanol–water partition coefficient (Wildman–Crippen LogP) is 3.61. The third kappa shape index (κ3) is 2.91. The van der Waals surface area contributed by atoms with Crippen LogP contribution < -0.4 is 0 Å². The Morgan fingerprint density at radius 2 is 2.00 bits per heavy atom. The minimum absolute atomic E-state index is 0.184. The van der Waals surface area contributed by atoms with E-state index in [2.05, 4.69) is 25.9 Å². The van der Waals surface area contributed by atoms with Crippen LogP contribution in [0.5, 0.6) is 5.75 Å². The molecule has 17 heavy (non-hydrogen) atoms. The summed E-state index contributed by atoms with van der Waals surface area (Å²) in [4.78, 5) is 8.47. The number of aromatic nitrogens is 1. The van der Waals surface area contributed by atoms with Gasteiger partial charge in [0.05, 0.1) is 4.47 Å². The summed E-state index contributed by atoms with van der Waals surface area (Å²) in [6.45, 7) is 1.91. The highest BCUT2D eigenvalue weighted by Gasteiger charge is 2.01. The molecule has 2 rings (SSSR count). The van der Waals surface area contributed by atoms with Gasteiger partial charge >= 0.3 is 0 Å². The van der Waals surface area contributed by atoms with Crippen LogP contribution >= 0.6 is 15.9 Å². The molecule has 0 unspecified atom stereocenters. The van der Waals surface area contributed by atoms with Crippen LogP contribution in [0.3, 0.4) is 0 Å². The van der Waals surface area contributed by atoms with Crippen molar-refractivity contribution in [2.75, 3.05) is 0 Å². The topological polar surface area (TPSA) is 45.5 Å². The van der Waals surface area contributed by atoms with Crippen LogP contribution in [-0.4, -0.2) is 16.3 Å². The second-order valence-electron chi connectivity index (χ2n) is 3.57. The third-order valence-electron chi connectivity index (χ3n) is 2.23. The number of pyridine rings is 1. The molecular formula is C13H11BrN2O. The summed E-state index contributed by atoms with van der Waals surface area (Å²) < 4.78 is 0.652. The average Bonchev–Trinajstić information content (AvgIpc) is 2.31. The number of phenols is 1. The van der Waals surface area contributed by atoms with E-state index in [1.54, 1.807) is 18.3 Å². The van der Waals surface area contributed by atoms with Gasteiger partial charge in [0.25, 0.3) is 0 Å². The Kier molecular flexibility index (Phi) is 3.54. The first-order valence-corrected chi connectivity index (χ1v) is 5.91. The molecule has 0 saturated heterocycles. The highest BCUT2D eigenvalue weighted by Crippen LogP contribution is 2.26. The molecule has 1 aromatic carbocycles. The molecule has 1 N–H and O–H groups in total. The molecule has 2 aromatic rings. The first-order valence-electron chi connectivity index (χ1n) is 5.12. The molecule has 0 aliphatic rings. The molecule has 0 aliphatic heterocycles. The number of halogens is 1. The third-order valence-corrected chi connectivity index (χ3v) is 2.87. The molecule has 0 saturated carbocycles. The number of hydrogen-bond acceptors (Lipinski definition) is 3. The summed E-state index contributed by atoms with van der Waals surface area (Å²) in [5.74, 6) is 0.813. The molecule has 0 bridgehead atoms. The molecule has 0 amide bonds. The van der Waals surface area contributed by atoms with Crippen LogP contribution in [0.4, 0.5) is 5.82 Å². The van der Waals surface area contributed by atoms with Crippen LogP contribution in [0.1, 0.15) is 11.3 Å². The maximum Gasteiger partial charge on any atom is 0.152 e. The van der Waals surface area contributed by atoms with Gasteiger partial charge in [0.15, 0.2) is 5.82 Å². The van der Waals surface area contributed by atoms with Gasteiger partial charge in [0.2, 0.25) is 0 Å². The van der Waals surface area contributed by atoms with Gasteiger partial charge in [-0.1, -0.05) is 12.1 Å². The van der Waals surface area contributed by atoms with Crippen molar-refractivity contribution in [2.24, 2.45) is 4.99 Å². The lowest BCUT2D eigenvalue weighted by Crippen LogP contribution is -1.84. The fourth-order valence-electron chi connectivity index (χ4n) is 1.37. The van der Waals surface area contributed by atoms with Crippen molar-refractivity contribution in [3.8, 4) is 5.75 Å². The molecule has 1 aromatic heterocycles. The number of aryl methyl sites for hydroxylation is 1. The van der Waals surface area contributed by atoms with E-state index >= 15 is 0 Å². The van der Waals surface area contributed by atoms with Gasteiger partial charge in [0, 0.05) is 17.5 Å². The van der Waals surface area contributed by atoms with E-state index in [1.165, 1.54) is 0 Å². The minimum atomic E-state index is 0.184. The Morgan fingerprint density at radius 1 is 1.24 bits per heavy atom. The highest BCUT2D eigenvalue weighted by atomic mass is 79.9. The van der Waals surface area contributed by atoms with Gasteiger partial charge in [-0.3, -0.25) is 0 Å². The summed E-state index contributed by atoms with van der Waals surface area (Å²) in [5, 5.41) is 9.77. The number of phenolic OH excluding ortho intramolecular Hbond substituents is 1. The molecule has 3 nitrogen and oxygen atoms in total. The maximum absolute atomic E-state index is 9.77. The normalized spacial score (nSPS) is 10.9. The minimum Gasteiger partial charge on any atom is -0.506 e. The number of hydrogen-bond donors (Lipinski definition) is 1. The van der Waals surface area contributed by atoms with Crippen LogP contribution in [0.15, 0.2) is 45.9 Å². The highest BCUT2D eigenvalue weighted by molar-refractivity contribution is 9.10. The van der Waals surface area contributed by atoms with E-state index in [4.69, 9.17) is 0 Å². The zero-order valence-corrected chi connectivity index (χ0v) is 10.8. The van der Waals surface area contributed by atoms with Gasteiger partial charge < -0.3 is 5.11 Å². The SMILES string of the molecule is Cc1cccc(N=Cc2cccc(Br)c2O)n1. The van der Waals surface area contributed by atoms with Crippen molar-refractivity contribution >= 4 is 28.0 Å². The Morgan fingerprint density at radius 3 is 2.76 bits per heavy atom. The van der Waals surface area contributed by atoms with Crippen molar-refractivity contribution in [2.45, 2.75) is 6.92 Å². The van der Waals surface area contributed by atoms with Crippen molar-refractivity contribution in [1.29, 1.82) is 0 Å². The van der Waals surface area contributed by atoms with Crippen molar-refractivity contribution in [1.82, 2.24) is 4.98 Å². The fourth-order valence-corrected chi connectivity index (χ4v) is 1.75. The van der Waals surface area contributed by atoms with Crippen LogP contribution in [-0.2, 0) is 0 Å². The van der Waals surface area contributed by atoms with Crippen molar-refractivity contribution in [3.05, 3.63) is 52.1 Å². The summed E-state index contributed by atoms with van der Waals surface area (Å²) in [7, 11) is 0. The molecule has 0 spiro atoms.